The van der Waals surface area contributed by atoms with E-state index in [0.717, 1.165) is 37.2 Å². The van der Waals surface area contributed by atoms with Crippen molar-refractivity contribution in [1.29, 1.82) is 0 Å². The molecule has 0 bridgehead atoms. The molecule has 0 atom stereocenters. The van der Waals surface area contributed by atoms with Crippen LogP contribution in [-0.4, -0.2) is 24.9 Å². The molecule has 4 heteroatoms. The first-order valence-corrected chi connectivity index (χ1v) is 8.01. The lowest BCUT2D eigenvalue weighted by atomic mass is 10.1. The van der Waals surface area contributed by atoms with Crippen LogP contribution in [-0.2, 0) is 0 Å². The number of para-hydroxylation sites is 1. The summed E-state index contributed by atoms with van der Waals surface area (Å²) in [6.45, 7) is 3.81. The van der Waals surface area contributed by atoms with Crippen LogP contribution in [0.2, 0.25) is 0 Å². The zero-order chi connectivity index (χ0) is 16.0. The summed E-state index contributed by atoms with van der Waals surface area (Å²) in [5.74, 6) is -0.429. The number of carbonyl (C=O) groups is 2. The second kappa shape index (κ2) is 5.23. The van der Waals surface area contributed by atoms with Crippen molar-refractivity contribution in [3.05, 3.63) is 59.2 Å². The predicted octanol–water partition coefficient (Wildman–Crippen LogP) is 3.40. The minimum atomic E-state index is -0.222. The average molecular weight is 306 g/mol. The first-order chi connectivity index (χ1) is 11.2. The normalized spacial score (nSPS) is 17.1. The highest BCUT2D eigenvalue weighted by atomic mass is 16.2. The van der Waals surface area contributed by atoms with E-state index in [2.05, 4.69) is 4.90 Å². The van der Waals surface area contributed by atoms with Gasteiger partial charge >= 0.3 is 0 Å². The van der Waals surface area contributed by atoms with Crippen LogP contribution < -0.4 is 9.80 Å². The van der Waals surface area contributed by atoms with Crippen molar-refractivity contribution >= 4 is 23.2 Å². The third kappa shape index (κ3) is 2.05. The van der Waals surface area contributed by atoms with Gasteiger partial charge in [-0.15, -0.1) is 0 Å². The van der Waals surface area contributed by atoms with Crippen LogP contribution >= 0.6 is 0 Å². The number of fused-ring (bicyclic) bond motifs is 1. The molecule has 2 aliphatic rings. The summed E-state index contributed by atoms with van der Waals surface area (Å²) in [5, 5.41) is 0. The molecule has 0 aliphatic carbocycles. The van der Waals surface area contributed by atoms with E-state index in [-0.39, 0.29) is 11.8 Å². The monoisotopic (exact) mass is 306 g/mol. The Morgan fingerprint density at radius 1 is 0.826 bits per heavy atom. The minimum Gasteiger partial charge on any atom is -0.371 e. The van der Waals surface area contributed by atoms with E-state index in [4.69, 9.17) is 0 Å². The zero-order valence-electron chi connectivity index (χ0n) is 13.1. The molecule has 4 nitrogen and oxygen atoms in total. The molecule has 0 aromatic heterocycles. The first kappa shape index (κ1) is 14.0. The van der Waals surface area contributed by atoms with Gasteiger partial charge in [0.25, 0.3) is 11.8 Å². The van der Waals surface area contributed by atoms with Gasteiger partial charge in [0.1, 0.15) is 0 Å². The number of hydrogen-bond donors (Lipinski definition) is 0. The second-order valence-electron chi connectivity index (χ2n) is 6.13. The summed E-state index contributed by atoms with van der Waals surface area (Å²) >= 11 is 0. The van der Waals surface area contributed by atoms with Gasteiger partial charge < -0.3 is 4.90 Å². The van der Waals surface area contributed by atoms with Gasteiger partial charge in [-0.3, -0.25) is 9.59 Å². The number of hydrogen-bond acceptors (Lipinski definition) is 3. The summed E-state index contributed by atoms with van der Waals surface area (Å²) < 4.78 is 0. The van der Waals surface area contributed by atoms with Crippen LogP contribution in [0, 0.1) is 6.92 Å². The van der Waals surface area contributed by atoms with Crippen molar-refractivity contribution in [1.82, 2.24) is 0 Å². The average Bonchev–Trinajstić information content (AvgIpc) is 3.17. The van der Waals surface area contributed by atoms with Crippen molar-refractivity contribution in [3.8, 4) is 0 Å². The first-order valence-electron chi connectivity index (χ1n) is 8.01. The molecule has 0 unspecified atom stereocenters. The molecule has 2 amide bonds. The fourth-order valence-electron chi connectivity index (χ4n) is 3.52. The summed E-state index contributed by atoms with van der Waals surface area (Å²) in [7, 11) is 0. The lowest BCUT2D eigenvalue weighted by molar-refractivity contribution is 0.0926. The van der Waals surface area contributed by atoms with Gasteiger partial charge in [-0.25, -0.2) is 4.90 Å². The summed E-state index contributed by atoms with van der Waals surface area (Å²) in [6, 6.07) is 13.1. The molecule has 2 aliphatic heterocycles. The van der Waals surface area contributed by atoms with Gasteiger partial charge in [0.2, 0.25) is 0 Å². The number of nitrogens with zero attached hydrogens (tertiary/aromatic N) is 2. The molecule has 0 radical (unpaired) electrons. The summed E-state index contributed by atoms with van der Waals surface area (Å²) in [4.78, 5) is 29.4. The van der Waals surface area contributed by atoms with Crippen molar-refractivity contribution in [2.24, 2.45) is 0 Å². The van der Waals surface area contributed by atoms with Crippen molar-refractivity contribution < 1.29 is 9.59 Å². The number of benzene rings is 2. The van der Waals surface area contributed by atoms with Gasteiger partial charge in [-0.2, -0.15) is 0 Å². The number of aryl methyl sites for hydroxylation is 1. The molecule has 23 heavy (non-hydrogen) atoms. The smallest absolute Gasteiger partial charge is 0.268 e. The highest BCUT2D eigenvalue weighted by Gasteiger charge is 2.40. The van der Waals surface area contributed by atoms with Crippen LogP contribution in [0.4, 0.5) is 11.4 Å². The number of amides is 2. The lowest BCUT2D eigenvalue weighted by Gasteiger charge is -2.20. The molecule has 1 saturated heterocycles. The van der Waals surface area contributed by atoms with Gasteiger partial charge in [-0.05, 0) is 43.5 Å². The Kier molecular flexibility index (Phi) is 3.18. The maximum absolute atomic E-state index is 13.0. The fraction of sp³-hybridized carbons (Fsp3) is 0.263. The molecule has 116 valence electrons. The number of imide groups is 1. The Labute approximate surface area is 135 Å². The molecule has 4 rings (SSSR count). The highest BCUT2D eigenvalue weighted by Crippen LogP contribution is 2.36. The third-order valence-electron chi connectivity index (χ3n) is 4.70. The fourth-order valence-corrected chi connectivity index (χ4v) is 3.52. The van der Waals surface area contributed by atoms with Crippen LogP contribution in [0.25, 0.3) is 0 Å². The SMILES string of the molecule is Cc1ccccc1N1C(=O)c2cccc(N3CCCC3)c2C1=O. The summed E-state index contributed by atoms with van der Waals surface area (Å²) in [5.41, 5.74) is 3.57. The van der Waals surface area contributed by atoms with E-state index in [9.17, 15) is 9.59 Å². The van der Waals surface area contributed by atoms with Gasteiger partial charge in [-0.1, -0.05) is 24.3 Å². The Hall–Kier alpha value is -2.62. The molecule has 0 spiro atoms. The van der Waals surface area contributed by atoms with Crippen molar-refractivity contribution in [2.75, 3.05) is 22.9 Å². The van der Waals surface area contributed by atoms with Crippen molar-refractivity contribution in [3.63, 3.8) is 0 Å². The Morgan fingerprint density at radius 3 is 2.26 bits per heavy atom. The van der Waals surface area contributed by atoms with E-state index in [1.165, 1.54) is 4.90 Å². The third-order valence-corrected chi connectivity index (χ3v) is 4.70. The van der Waals surface area contributed by atoms with Crippen LogP contribution in [0.5, 0.6) is 0 Å². The molecular weight excluding hydrogens is 288 g/mol. The van der Waals surface area contributed by atoms with E-state index in [1.54, 1.807) is 6.07 Å². The molecule has 2 aromatic carbocycles. The quantitative estimate of drug-likeness (QED) is 0.799. The maximum Gasteiger partial charge on any atom is 0.268 e. The molecule has 2 aromatic rings. The molecule has 1 fully saturated rings. The molecule has 0 N–H and O–H groups in total. The lowest BCUT2D eigenvalue weighted by Crippen LogP contribution is -2.30. The van der Waals surface area contributed by atoms with Gasteiger partial charge in [0, 0.05) is 13.1 Å². The standard InChI is InChI=1S/C19H18N2O2/c1-13-7-2-3-9-15(13)21-18(22)14-8-6-10-16(17(14)19(21)23)20-11-4-5-12-20/h2-3,6-10H,4-5,11-12H2,1H3. The Balaban J connectivity index is 1.84. The number of carbonyl (C=O) groups excluding carboxylic acids is 2. The van der Waals surface area contributed by atoms with E-state index < -0.39 is 0 Å². The highest BCUT2D eigenvalue weighted by molar-refractivity contribution is 6.36. The second-order valence-corrected chi connectivity index (χ2v) is 6.13. The van der Waals surface area contributed by atoms with Crippen LogP contribution in [0.3, 0.4) is 0 Å². The Bertz CT molecular complexity index is 807. The van der Waals surface area contributed by atoms with Crippen molar-refractivity contribution in [2.45, 2.75) is 19.8 Å². The maximum atomic E-state index is 13.0. The van der Waals surface area contributed by atoms with Gasteiger partial charge in [0.05, 0.1) is 22.5 Å². The minimum absolute atomic E-state index is 0.207. The molecule has 2 heterocycles. The van der Waals surface area contributed by atoms with E-state index in [1.807, 2.05) is 43.3 Å². The predicted molar refractivity (Wildman–Crippen MR) is 90.2 cm³/mol. The zero-order valence-corrected chi connectivity index (χ0v) is 13.1. The number of rotatable bonds is 2. The summed E-state index contributed by atoms with van der Waals surface area (Å²) in [6.07, 6.45) is 2.26. The molecule has 0 saturated carbocycles. The largest absolute Gasteiger partial charge is 0.371 e. The van der Waals surface area contributed by atoms with E-state index >= 15 is 0 Å². The van der Waals surface area contributed by atoms with Gasteiger partial charge in [0.15, 0.2) is 0 Å². The van der Waals surface area contributed by atoms with Crippen LogP contribution in [0.15, 0.2) is 42.5 Å². The van der Waals surface area contributed by atoms with Crippen LogP contribution in [0.1, 0.15) is 39.1 Å². The Morgan fingerprint density at radius 2 is 1.52 bits per heavy atom. The van der Waals surface area contributed by atoms with E-state index in [0.29, 0.717) is 16.8 Å². The topological polar surface area (TPSA) is 40.6 Å². The number of anilines is 2. The molecular formula is C19H18N2O2.